The predicted octanol–water partition coefficient (Wildman–Crippen LogP) is 4.81. The highest BCUT2D eigenvalue weighted by Gasteiger charge is 2.29. The van der Waals surface area contributed by atoms with Crippen LogP contribution in [-0.4, -0.2) is 11.8 Å². The molecule has 0 bridgehead atoms. The van der Waals surface area contributed by atoms with Gasteiger partial charge in [0, 0.05) is 6.07 Å². The zero-order valence-electron chi connectivity index (χ0n) is 15.0. The van der Waals surface area contributed by atoms with Gasteiger partial charge < -0.3 is 9.47 Å². The molecule has 0 unspecified atom stereocenters. The summed E-state index contributed by atoms with van der Waals surface area (Å²) in [7, 11) is 0. The van der Waals surface area contributed by atoms with Gasteiger partial charge in [0.1, 0.15) is 11.5 Å². The Morgan fingerprint density at radius 3 is 2.50 bits per heavy atom. The number of ether oxygens (including phenoxy) is 2. The quantitative estimate of drug-likeness (QED) is 0.454. The lowest BCUT2D eigenvalue weighted by molar-refractivity contribution is -0.143. The number of ketones is 1. The van der Waals surface area contributed by atoms with Gasteiger partial charge in [0.2, 0.25) is 5.78 Å². The fourth-order valence-electron chi connectivity index (χ4n) is 2.32. The van der Waals surface area contributed by atoms with Crippen LogP contribution in [0.4, 0.5) is 0 Å². The third-order valence-electron chi connectivity index (χ3n) is 3.80. The number of carbonyl (C=O) groups excluding carboxylic acids is 2. The Morgan fingerprint density at radius 2 is 1.81 bits per heavy atom. The van der Waals surface area contributed by atoms with Crippen molar-refractivity contribution >= 4 is 17.8 Å². The minimum atomic E-state index is -0.608. The number of carbonyl (C=O) groups is 2. The van der Waals surface area contributed by atoms with Gasteiger partial charge in [-0.2, -0.15) is 0 Å². The molecule has 4 heteroatoms. The molecule has 1 aliphatic heterocycles. The third-order valence-corrected chi connectivity index (χ3v) is 3.80. The molecule has 0 saturated heterocycles. The summed E-state index contributed by atoms with van der Waals surface area (Å²) >= 11 is 0. The third kappa shape index (κ3) is 3.91. The van der Waals surface area contributed by atoms with Crippen molar-refractivity contribution in [2.45, 2.75) is 20.8 Å². The second-order valence-corrected chi connectivity index (χ2v) is 7.03. The fraction of sp³-hybridized carbons (Fsp3) is 0.182. The van der Waals surface area contributed by atoms with Gasteiger partial charge in [-0.05, 0) is 44.5 Å². The highest BCUT2D eigenvalue weighted by Crippen LogP contribution is 2.34. The molecule has 0 N–H and O–H groups in total. The molecule has 0 spiro atoms. The molecule has 3 rings (SSSR count). The Labute approximate surface area is 152 Å². The van der Waals surface area contributed by atoms with E-state index in [0.29, 0.717) is 17.1 Å². The van der Waals surface area contributed by atoms with Crippen molar-refractivity contribution in [2.24, 2.45) is 5.41 Å². The second-order valence-electron chi connectivity index (χ2n) is 7.03. The van der Waals surface area contributed by atoms with Crippen LogP contribution in [0.2, 0.25) is 0 Å². The zero-order chi connectivity index (χ0) is 18.7. The molecule has 4 nitrogen and oxygen atoms in total. The van der Waals surface area contributed by atoms with Crippen LogP contribution >= 0.6 is 0 Å². The van der Waals surface area contributed by atoms with Crippen molar-refractivity contribution in [1.82, 2.24) is 0 Å². The summed E-state index contributed by atoms with van der Waals surface area (Å²) in [5.41, 5.74) is 0.881. The predicted molar refractivity (Wildman–Crippen MR) is 100 cm³/mol. The van der Waals surface area contributed by atoms with E-state index >= 15 is 0 Å². The highest BCUT2D eigenvalue weighted by molar-refractivity contribution is 6.12. The summed E-state index contributed by atoms with van der Waals surface area (Å²) in [6, 6.07) is 14.6. The molecule has 2 aromatic rings. The summed E-state index contributed by atoms with van der Waals surface area (Å²) in [4.78, 5) is 24.4. The topological polar surface area (TPSA) is 52.6 Å². The molecule has 132 valence electrons. The summed E-state index contributed by atoms with van der Waals surface area (Å²) in [6.07, 6.45) is 5.30. The Morgan fingerprint density at radius 1 is 1.08 bits per heavy atom. The second kappa shape index (κ2) is 7.00. The van der Waals surface area contributed by atoms with Crippen LogP contribution in [0, 0.1) is 5.41 Å². The normalized spacial score (nSPS) is 15.2. The SMILES string of the molecule is CC(C)(C)C(=O)Oc1ccc2c(c1)O/C(=C/C=C/c1ccccc1)C2=O. The molecule has 2 aromatic carbocycles. The van der Waals surface area contributed by atoms with Crippen LogP contribution in [0.3, 0.4) is 0 Å². The number of fused-ring (bicyclic) bond motifs is 1. The fourth-order valence-corrected chi connectivity index (χ4v) is 2.32. The van der Waals surface area contributed by atoms with E-state index in [2.05, 4.69) is 0 Å². The summed E-state index contributed by atoms with van der Waals surface area (Å²) in [5.74, 6) is 0.465. The first-order valence-electron chi connectivity index (χ1n) is 8.37. The molecule has 0 aliphatic carbocycles. The Bertz CT molecular complexity index is 899. The van der Waals surface area contributed by atoms with E-state index in [-0.39, 0.29) is 17.5 Å². The summed E-state index contributed by atoms with van der Waals surface area (Å²) < 4.78 is 11.0. The molecule has 0 aromatic heterocycles. The monoisotopic (exact) mass is 348 g/mol. The van der Waals surface area contributed by atoms with Gasteiger partial charge >= 0.3 is 5.97 Å². The minimum absolute atomic E-state index is 0.189. The van der Waals surface area contributed by atoms with E-state index in [4.69, 9.17) is 9.47 Å². The highest BCUT2D eigenvalue weighted by atomic mass is 16.5. The van der Waals surface area contributed by atoms with Crippen molar-refractivity contribution in [3.8, 4) is 11.5 Å². The van der Waals surface area contributed by atoms with Gasteiger partial charge in [0.25, 0.3) is 0 Å². The first kappa shape index (κ1) is 17.7. The molecule has 0 radical (unpaired) electrons. The Kier molecular flexibility index (Phi) is 4.76. The summed E-state index contributed by atoms with van der Waals surface area (Å²) in [6.45, 7) is 5.34. The number of hydrogen-bond acceptors (Lipinski definition) is 4. The number of rotatable bonds is 3. The number of Topliss-reactive ketones (excluding diaryl/α,β-unsaturated/α-hetero) is 1. The van der Waals surface area contributed by atoms with Gasteiger partial charge in [-0.1, -0.05) is 42.5 Å². The number of esters is 1. The van der Waals surface area contributed by atoms with Gasteiger partial charge in [0.15, 0.2) is 5.76 Å². The van der Waals surface area contributed by atoms with Gasteiger partial charge in [-0.3, -0.25) is 9.59 Å². The molecular formula is C22H20O4. The van der Waals surface area contributed by atoms with E-state index in [9.17, 15) is 9.59 Å². The lowest BCUT2D eigenvalue weighted by Gasteiger charge is -2.16. The van der Waals surface area contributed by atoms with E-state index in [0.717, 1.165) is 5.56 Å². The van der Waals surface area contributed by atoms with Crippen LogP contribution in [-0.2, 0) is 4.79 Å². The first-order valence-corrected chi connectivity index (χ1v) is 8.37. The Hall–Kier alpha value is -3.14. The van der Waals surface area contributed by atoms with Crippen molar-refractivity contribution in [3.05, 3.63) is 77.6 Å². The molecule has 26 heavy (non-hydrogen) atoms. The van der Waals surface area contributed by atoms with Crippen molar-refractivity contribution in [2.75, 3.05) is 0 Å². The number of allylic oxidation sites excluding steroid dienone is 3. The van der Waals surface area contributed by atoms with E-state index < -0.39 is 5.41 Å². The molecule has 0 fully saturated rings. The smallest absolute Gasteiger partial charge is 0.316 e. The van der Waals surface area contributed by atoms with Crippen molar-refractivity contribution in [1.29, 1.82) is 0 Å². The summed E-state index contributed by atoms with van der Waals surface area (Å²) in [5, 5.41) is 0. The average Bonchev–Trinajstić information content (AvgIpc) is 2.90. The van der Waals surface area contributed by atoms with Crippen LogP contribution in [0.15, 0.2) is 66.4 Å². The van der Waals surface area contributed by atoms with Crippen LogP contribution < -0.4 is 9.47 Å². The average molecular weight is 348 g/mol. The maximum absolute atomic E-state index is 12.4. The van der Waals surface area contributed by atoms with Crippen LogP contribution in [0.25, 0.3) is 6.08 Å². The van der Waals surface area contributed by atoms with E-state index in [1.54, 1.807) is 51.1 Å². The lowest BCUT2D eigenvalue weighted by atomic mass is 9.97. The number of hydrogen-bond donors (Lipinski definition) is 0. The van der Waals surface area contributed by atoms with Crippen LogP contribution in [0.1, 0.15) is 36.7 Å². The minimum Gasteiger partial charge on any atom is -0.452 e. The van der Waals surface area contributed by atoms with Crippen LogP contribution in [0.5, 0.6) is 11.5 Å². The molecular weight excluding hydrogens is 328 g/mol. The first-order chi connectivity index (χ1) is 12.3. The van der Waals surface area contributed by atoms with Crippen molar-refractivity contribution in [3.63, 3.8) is 0 Å². The standard InChI is InChI=1S/C22H20O4/c1-22(2,3)21(24)25-16-12-13-17-19(14-16)26-18(20(17)23)11-7-10-15-8-5-4-6-9-15/h4-14H,1-3H3/b10-7+,18-11+. The molecule has 0 amide bonds. The van der Waals surface area contributed by atoms with Gasteiger partial charge in [-0.15, -0.1) is 0 Å². The molecule has 0 atom stereocenters. The maximum Gasteiger partial charge on any atom is 0.316 e. The molecule has 1 heterocycles. The van der Waals surface area contributed by atoms with Gasteiger partial charge in [0.05, 0.1) is 11.0 Å². The lowest BCUT2D eigenvalue weighted by Crippen LogP contribution is -2.25. The zero-order valence-corrected chi connectivity index (χ0v) is 15.0. The maximum atomic E-state index is 12.4. The van der Waals surface area contributed by atoms with E-state index in [1.165, 1.54) is 0 Å². The largest absolute Gasteiger partial charge is 0.452 e. The van der Waals surface area contributed by atoms with Crippen molar-refractivity contribution < 1.29 is 19.1 Å². The Balaban J connectivity index is 1.75. The van der Waals surface area contributed by atoms with E-state index in [1.807, 2.05) is 36.4 Å². The molecule has 1 aliphatic rings. The number of benzene rings is 2. The molecule has 0 saturated carbocycles. The van der Waals surface area contributed by atoms with Gasteiger partial charge in [-0.25, -0.2) is 0 Å².